The molecule has 0 aliphatic carbocycles. The molecular weight excluding hydrogens is 376 g/mol. The average Bonchev–Trinajstić information content (AvgIpc) is 3.13. The maximum Gasteiger partial charge on any atom is 0.249 e. The van der Waals surface area contributed by atoms with Gasteiger partial charge in [0.25, 0.3) is 0 Å². The van der Waals surface area contributed by atoms with Crippen molar-refractivity contribution >= 4 is 28.3 Å². The van der Waals surface area contributed by atoms with Gasteiger partial charge in [0.2, 0.25) is 16.9 Å². The van der Waals surface area contributed by atoms with Crippen molar-refractivity contribution in [1.82, 2.24) is 15.5 Å². The third kappa shape index (κ3) is 6.02. The molecule has 1 heterocycles. The monoisotopic (exact) mass is 404 g/mol. The largest absolute Gasteiger partial charge is 0.497 e. The number of hydrogen-bond acceptors (Lipinski definition) is 6. The van der Waals surface area contributed by atoms with E-state index in [2.05, 4.69) is 20.8 Å². The molecule has 2 unspecified atom stereocenters. The van der Waals surface area contributed by atoms with E-state index in [1.807, 2.05) is 52.0 Å². The van der Waals surface area contributed by atoms with Crippen LogP contribution in [0.4, 0.5) is 5.13 Å². The molecule has 0 spiro atoms. The van der Waals surface area contributed by atoms with Crippen LogP contribution in [-0.2, 0) is 9.59 Å². The highest BCUT2D eigenvalue weighted by Crippen LogP contribution is 2.28. The van der Waals surface area contributed by atoms with E-state index >= 15 is 0 Å². The van der Waals surface area contributed by atoms with Crippen molar-refractivity contribution in [2.45, 2.75) is 46.6 Å². The highest BCUT2D eigenvalue weighted by Gasteiger charge is 2.27. The van der Waals surface area contributed by atoms with Crippen molar-refractivity contribution in [1.29, 1.82) is 0 Å². The van der Waals surface area contributed by atoms with Crippen molar-refractivity contribution in [2.75, 3.05) is 12.4 Å². The van der Waals surface area contributed by atoms with Gasteiger partial charge in [-0.1, -0.05) is 45.5 Å². The molecule has 0 fully saturated rings. The number of benzene rings is 1. The van der Waals surface area contributed by atoms with Gasteiger partial charge in [-0.2, -0.15) is 0 Å². The van der Waals surface area contributed by atoms with Gasteiger partial charge in [0, 0.05) is 12.0 Å². The van der Waals surface area contributed by atoms with Crippen molar-refractivity contribution in [2.24, 2.45) is 11.8 Å². The Labute approximate surface area is 169 Å². The molecule has 1 aromatic heterocycles. The number of amides is 2. The minimum atomic E-state index is -0.607. The second-order valence-corrected chi connectivity index (χ2v) is 8.14. The number of carbonyl (C=O) groups excluding carboxylic acids is 2. The number of methoxy groups -OCH3 is 1. The quantitative estimate of drug-likeness (QED) is 0.664. The molecule has 2 amide bonds. The first kappa shape index (κ1) is 21.8. The van der Waals surface area contributed by atoms with Crippen LogP contribution in [0.1, 0.15) is 40.5 Å². The second kappa shape index (κ2) is 10.2. The normalized spacial score (nSPS) is 13.1. The Hall–Kier alpha value is -2.48. The number of anilines is 1. The average molecular weight is 405 g/mol. The molecule has 2 atom stereocenters. The van der Waals surface area contributed by atoms with E-state index < -0.39 is 6.04 Å². The minimum Gasteiger partial charge on any atom is -0.497 e. The summed E-state index contributed by atoms with van der Waals surface area (Å²) >= 11 is 1.29. The molecule has 0 saturated heterocycles. The van der Waals surface area contributed by atoms with E-state index in [1.54, 1.807) is 7.11 Å². The molecule has 2 N–H and O–H groups in total. The van der Waals surface area contributed by atoms with E-state index in [4.69, 9.17) is 4.74 Å². The maximum atomic E-state index is 12.8. The zero-order valence-electron chi connectivity index (χ0n) is 17.0. The van der Waals surface area contributed by atoms with Gasteiger partial charge in [-0.15, -0.1) is 10.2 Å². The van der Waals surface area contributed by atoms with Gasteiger partial charge in [0.15, 0.2) is 0 Å². The molecule has 7 nitrogen and oxygen atoms in total. The summed E-state index contributed by atoms with van der Waals surface area (Å²) in [4.78, 5) is 24.9. The van der Waals surface area contributed by atoms with Crippen LogP contribution in [0.2, 0.25) is 0 Å². The molecule has 152 valence electrons. The highest BCUT2D eigenvalue weighted by atomic mass is 32.1. The Balaban J connectivity index is 2.08. The van der Waals surface area contributed by atoms with Crippen LogP contribution in [-0.4, -0.2) is 35.2 Å². The summed E-state index contributed by atoms with van der Waals surface area (Å²) in [5.74, 6) is 0.604. The molecule has 8 heteroatoms. The maximum absolute atomic E-state index is 12.8. The van der Waals surface area contributed by atoms with Gasteiger partial charge in [0.1, 0.15) is 16.8 Å². The van der Waals surface area contributed by atoms with Crippen LogP contribution in [0.25, 0.3) is 10.6 Å². The van der Waals surface area contributed by atoms with E-state index in [1.165, 1.54) is 11.3 Å². The number of aromatic nitrogens is 2. The molecule has 0 aliphatic rings. The number of nitrogens with zero attached hydrogens (tertiary/aromatic N) is 2. The van der Waals surface area contributed by atoms with Crippen LogP contribution < -0.4 is 15.4 Å². The van der Waals surface area contributed by atoms with Crippen LogP contribution >= 0.6 is 11.3 Å². The first-order chi connectivity index (χ1) is 13.3. The summed E-state index contributed by atoms with van der Waals surface area (Å²) in [6.07, 6.45) is 1.16. The topological polar surface area (TPSA) is 93.2 Å². The number of ether oxygens (including phenoxy) is 1. The fraction of sp³-hybridized carbons (Fsp3) is 0.500. The summed E-state index contributed by atoms with van der Waals surface area (Å²) in [6, 6.07) is 6.86. The SMILES string of the molecule is CCC(C)C(NC(=O)CC(C)C)C(=O)Nc1nnc(-c2ccc(OC)cc2)s1. The van der Waals surface area contributed by atoms with Crippen molar-refractivity contribution in [3.05, 3.63) is 24.3 Å². The Morgan fingerprint density at radius 3 is 2.39 bits per heavy atom. The van der Waals surface area contributed by atoms with Gasteiger partial charge >= 0.3 is 0 Å². The minimum absolute atomic E-state index is 0.00472. The summed E-state index contributed by atoms with van der Waals surface area (Å²) in [6.45, 7) is 7.88. The van der Waals surface area contributed by atoms with Crippen molar-refractivity contribution in [3.8, 4) is 16.3 Å². The Morgan fingerprint density at radius 1 is 1.14 bits per heavy atom. The number of nitrogens with one attached hydrogen (secondary N) is 2. The summed E-state index contributed by atoms with van der Waals surface area (Å²) in [5.41, 5.74) is 0.891. The Kier molecular flexibility index (Phi) is 7.92. The molecule has 0 radical (unpaired) electrons. The van der Waals surface area contributed by atoms with Gasteiger partial charge in [0.05, 0.1) is 7.11 Å². The third-order valence-corrected chi connectivity index (χ3v) is 5.29. The van der Waals surface area contributed by atoms with Gasteiger partial charge in [-0.3, -0.25) is 14.9 Å². The summed E-state index contributed by atoms with van der Waals surface area (Å²) in [5, 5.41) is 15.0. The lowest BCUT2D eigenvalue weighted by Crippen LogP contribution is -2.47. The predicted octanol–water partition coefficient (Wildman–Crippen LogP) is 3.73. The lowest BCUT2D eigenvalue weighted by atomic mass is 9.97. The fourth-order valence-corrected chi connectivity index (χ4v) is 3.36. The molecule has 28 heavy (non-hydrogen) atoms. The molecule has 0 aliphatic heterocycles. The zero-order chi connectivity index (χ0) is 20.7. The molecule has 0 saturated carbocycles. The van der Waals surface area contributed by atoms with E-state index in [-0.39, 0.29) is 23.7 Å². The summed E-state index contributed by atoms with van der Waals surface area (Å²) < 4.78 is 5.15. The standard InChI is InChI=1S/C20H28N4O3S/c1-6-13(4)17(21-16(25)11-12(2)3)18(26)22-20-24-23-19(28-20)14-7-9-15(27-5)10-8-14/h7-10,12-13,17H,6,11H2,1-5H3,(H,21,25)(H,22,24,26). The molecule has 1 aromatic carbocycles. The van der Waals surface area contributed by atoms with Crippen LogP contribution in [0, 0.1) is 11.8 Å². The molecule has 2 rings (SSSR count). The third-order valence-electron chi connectivity index (χ3n) is 4.40. The zero-order valence-corrected chi connectivity index (χ0v) is 17.8. The first-order valence-corrected chi connectivity index (χ1v) is 10.2. The van der Waals surface area contributed by atoms with Crippen LogP contribution in [0.3, 0.4) is 0 Å². The van der Waals surface area contributed by atoms with Gasteiger partial charge < -0.3 is 10.1 Å². The van der Waals surface area contributed by atoms with E-state index in [0.29, 0.717) is 16.6 Å². The van der Waals surface area contributed by atoms with Crippen LogP contribution in [0.5, 0.6) is 5.75 Å². The lowest BCUT2D eigenvalue weighted by molar-refractivity contribution is -0.128. The predicted molar refractivity (Wildman–Crippen MR) is 111 cm³/mol. The Bertz CT molecular complexity index is 789. The number of carbonyl (C=O) groups is 2. The molecule has 0 bridgehead atoms. The molecule has 2 aromatic rings. The number of rotatable bonds is 9. The van der Waals surface area contributed by atoms with Crippen molar-refractivity contribution in [3.63, 3.8) is 0 Å². The van der Waals surface area contributed by atoms with Gasteiger partial charge in [-0.05, 0) is 36.1 Å². The lowest BCUT2D eigenvalue weighted by Gasteiger charge is -2.23. The number of hydrogen-bond donors (Lipinski definition) is 2. The fourth-order valence-electron chi connectivity index (χ4n) is 2.61. The van der Waals surface area contributed by atoms with E-state index in [9.17, 15) is 9.59 Å². The van der Waals surface area contributed by atoms with Gasteiger partial charge in [-0.25, -0.2) is 0 Å². The molecular formula is C20H28N4O3S. The smallest absolute Gasteiger partial charge is 0.249 e. The Morgan fingerprint density at radius 2 is 1.82 bits per heavy atom. The van der Waals surface area contributed by atoms with Crippen molar-refractivity contribution < 1.29 is 14.3 Å². The highest BCUT2D eigenvalue weighted by molar-refractivity contribution is 7.18. The second-order valence-electron chi connectivity index (χ2n) is 7.16. The summed E-state index contributed by atoms with van der Waals surface area (Å²) in [7, 11) is 1.61. The van der Waals surface area contributed by atoms with Crippen LogP contribution in [0.15, 0.2) is 24.3 Å². The first-order valence-electron chi connectivity index (χ1n) is 9.42. The van der Waals surface area contributed by atoms with E-state index in [0.717, 1.165) is 17.7 Å².